The molecule has 2 rings (SSSR count). The fourth-order valence-corrected chi connectivity index (χ4v) is 2.33. The Hall–Kier alpha value is -2.12. The molecule has 0 unspecified atom stereocenters. The molecule has 2 heterocycles. The first-order valence-electron chi connectivity index (χ1n) is 7.19. The smallest absolute Gasteiger partial charge is 0.317 e. The lowest BCUT2D eigenvalue weighted by Crippen LogP contribution is -2.46. The third kappa shape index (κ3) is 4.17. The number of carbonyl (C=O) groups is 2. The van der Waals surface area contributed by atoms with Crippen LogP contribution in [0.15, 0.2) is 4.52 Å². The van der Waals surface area contributed by atoms with E-state index in [2.05, 4.69) is 20.8 Å². The van der Waals surface area contributed by atoms with Crippen LogP contribution in [0, 0.1) is 12.8 Å². The van der Waals surface area contributed by atoms with Crippen LogP contribution in [0.25, 0.3) is 0 Å². The number of nitrogens with one attached hydrogen (secondary N) is 2. The Morgan fingerprint density at radius 3 is 2.62 bits per heavy atom. The molecule has 2 N–H and O–H groups in total. The highest BCUT2D eigenvalue weighted by atomic mass is 16.5. The molecule has 0 bridgehead atoms. The van der Waals surface area contributed by atoms with E-state index in [-0.39, 0.29) is 24.4 Å². The van der Waals surface area contributed by atoms with Gasteiger partial charge in [0, 0.05) is 25.6 Å². The molecule has 21 heavy (non-hydrogen) atoms. The predicted octanol–water partition coefficient (Wildman–Crippen LogP) is 0.436. The minimum absolute atomic E-state index is 0.0265. The quantitative estimate of drug-likeness (QED) is 0.839. The normalized spacial score (nSPS) is 15.8. The molecule has 0 spiro atoms. The Morgan fingerprint density at radius 2 is 2.05 bits per heavy atom. The molecule has 1 aliphatic rings. The molecule has 3 amide bonds. The predicted molar refractivity (Wildman–Crippen MR) is 74.3 cm³/mol. The summed E-state index contributed by atoms with van der Waals surface area (Å²) < 4.78 is 4.94. The second-order valence-corrected chi connectivity index (χ2v) is 5.05. The number of carbonyl (C=O) groups excluding carboxylic acids is 2. The van der Waals surface area contributed by atoms with Crippen LogP contribution < -0.4 is 10.6 Å². The highest BCUT2D eigenvalue weighted by molar-refractivity contribution is 5.79. The highest BCUT2D eigenvalue weighted by Crippen LogP contribution is 2.17. The summed E-state index contributed by atoms with van der Waals surface area (Å²) in [4.78, 5) is 29.5. The molecule has 116 valence electrons. The molecule has 0 saturated carbocycles. The van der Waals surface area contributed by atoms with Gasteiger partial charge in [0.05, 0.1) is 6.54 Å². The minimum atomic E-state index is -0.0697. The number of hydrogen-bond acceptors (Lipinski definition) is 5. The van der Waals surface area contributed by atoms with Crippen molar-refractivity contribution in [2.24, 2.45) is 5.92 Å². The van der Waals surface area contributed by atoms with Crippen LogP contribution in [0.5, 0.6) is 0 Å². The zero-order chi connectivity index (χ0) is 15.2. The molecular weight excluding hydrogens is 274 g/mol. The van der Waals surface area contributed by atoms with E-state index in [0.717, 1.165) is 0 Å². The monoisotopic (exact) mass is 295 g/mol. The van der Waals surface area contributed by atoms with Gasteiger partial charge in [-0.1, -0.05) is 5.16 Å². The van der Waals surface area contributed by atoms with Gasteiger partial charge in [-0.3, -0.25) is 4.79 Å². The molecule has 8 heteroatoms. The third-order valence-corrected chi connectivity index (χ3v) is 3.46. The Morgan fingerprint density at radius 1 is 1.33 bits per heavy atom. The second-order valence-electron chi connectivity index (χ2n) is 5.05. The van der Waals surface area contributed by atoms with Gasteiger partial charge in [-0.25, -0.2) is 4.79 Å². The molecule has 1 aromatic rings. The van der Waals surface area contributed by atoms with E-state index in [0.29, 0.717) is 44.2 Å². The van der Waals surface area contributed by atoms with Crippen LogP contribution in [0.4, 0.5) is 4.79 Å². The van der Waals surface area contributed by atoms with Crippen LogP contribution in [0.1, 0.15) is 31.5 Å². The zero-order valence-corrected chi connectivity index (χ0v) is 12.4. The largest absolute Gasteiger partial charge is 0.347 e. The van der Waals surface area contributed by atoms with E-state index in [1.165, 1.54) is 0 Å². The number of urea groups is 1. The highest BCUT2D eigenvalue weighted by Gasteiger charge is 2.27. The van der Waals surface area contributed by atoms with Gasteiger partial charge in [0.15, 0.2) is 5.82 Å². The van der Waals surface area contributed by atoms with E-state index in [9.17, 15) is 9.59 Å². The lowest BCUT2D eigenvalue weighted by Gasteiger charge is -2.31. The summed E-state index contributed by atoms with van der Waals surface area (Å²) in [6.45, 7) is 5.68. The average molecular weight is 295 g/mol. The van der Waals surface area contributed by atoms with Crippen molar-refractivity contribution in [3.05, 3.63) is 11.7 Å². The molecule has 0 atom stereocenters. The Labute approximate surface area is 123 Å². The van der Waals surface area contributed by atoms with E-state index >= 15 is 0 Å². The first-order chi connectivity index (χ1) is 10.1. The van der Waals surface area contributed by atoms with Crippen LogP contribution in [0.3, 0.4) is 0 Å². The summed E-state index contributed by atoms with van der Waals surface area (Å²) in [7, 11) is 0. The molecule has 1 aliphatic heterocycles. The van der Waals surface area contributed by atoms with Crippen molar-refractivity contribution in [3.63, 3.8) is 0 Å². The van der Waals surface area contributed by atoms with Crippen molar-refractivity contribution in [2.75, 3.05) is 19.6 Å². The van der Waals surface area contributed by atoms with Crippen molar-refractivity contribution < 1.29 is 14.1 Å². The molecule has 0 aromatic carbocycles. The molecule has 8 nitrogen and oxygen atoms in total. The molecule has 0 aliphatic carbocycles. The maximum Gasteiger partial charge on any atom is 0.317 e. The summed E-state index contributed by atoms with van der Waals surface area (Å²) in [5.74, 6) is 0.858. The number of likely N-dealkylation sites (tertiary alicyclic amines) is 1. The van der Waals surface area contributed by atoms with Gasteiger partial charge >= 0.3 is 6.03 Å². The van der Waals surface area contributed by atoms with Gasteiger partial charge in [-0.05, 0) is 26.7 Å². The van der Waals surface area contributed by atoms with Crippen molar-refractivity contribution in [1.82, 2.24) is 25.7 Å². The van der Waals surface area contributed by atoms with Gasteiger partial charge in [0.2, 0.25) is 11.8 Å². The van der Waals surface area contributed by atoms with Crippen molar-refractivity contribution in [3.8, 4) is 0 Å². The first-order valence-corrected chi connectivity index (χ1v) is 7.19. The van der Waals surface area contributed by atoms with Crippen molar-refractivity contribution in [2.45, 2.75) is 33.2 Å². The van der Waals surface area contributed by atoms with E-state index in [4.69, 9.17) is 4.52 Å². The summed E-state index contributed by atoms with van der Waals surface area (Å²) in [6.07, 6.45) is 1.34. The SMILES string of the molecule is CCNC(=O)N1CCC(C(=O)NCc2nc(C)no2)CC1. The topological polar surface area (TPSA) is 100 Å². The second kappa shape index (κ2) is 7.05. The molecule has 1 fully saturated rings. The van der Waals surface area contributed by atoms with Gasteiger partial charge < -0.3 is 20.1 Å². The number of aryl methyl sites for hydroxylation is 1. The average Bonchev–Trinajstić information content (AvgIpc) is 2.91. The van der Waals surface area contributed by atoms with E-state index < -0.39 is 0 Å². The van der Waals surface area contributed by atoms with E-state index in [1.54, 1.807) is 11.8 Å². The molecular formula is C13H21N5O3. The van der Waals surface area contributed by atoms with Crippen molar-refractivity contribution in [1.29, 1.82) is 0 Å². The third-order valence-electron chi connectivity index (χ3n) is 3.46. The number of piperidine rings is 1. The molecule has 1 saturated heterocycles. The Balaban J connectivity index is 1.74. The number of aromatic nitrogens is 2. The minimum Gasteiger partial charge on any atom is -0.347 e. The fraction of sp³-hybridized carbons (Fsp3) is 0.692. The number of nitrogens with zero attached hydrogens (tertiary/aromatic N) is 3. The maximum atomic E-state index is 12.1. The van der Waals surface area contributed by atoms with Crippen LogP contribution in [0.2, 0.25) is 0 Å². The lowest BCUT2D eigenvalue weighted by atomic mass is 9.96. The Kier molecular flexibility index (Phi) is 5.13. The molecule has 1 aromatic heterocycles. The molecule has 0 radical (unpaired) electrons. The number of hydrogen-bond donors (Lipinski definition) is 2. The standard InChI is InChI=1S/C13H21N5O3/c1-3-14-13(20)18-6-4-10(5-7-18)12(19)15-8-11-16-9(2)17-21-11/h10H,3-8H2,1-2H3,(H,14,20)(H,15,19). The Bertz CT molecular complexity index is 494. The van der Waals surface area contributed by atoms with Crippen molar-refractivity contribution >= 4 is 11.9 Å². The summed E-state index contributed by atoms with van der Waals surface area (Å²) in [5, 5.41) is 9.23. The lowest BCUT2D eigenvalue weighted by molar-refractivity contribution is -0.126. The summed E-state index contributed by atoms with van der Waals surface area (Å²) in [5.41, 5.74) is 0. The van der Waals surface area contributed by atoms with Crippen LogP contribution in [-0.4, -0.2) is 46.6 Å². The fourth-order valence-electron chi connectivity index (χ4n) is 2.33. The van der Waals surface area contributed by atoms with E-state index in [1.807, 2.05) is 6.92 Å². The van der Waals surface area contributed by atoms with Gasteiger partial charge in [-0.15, -0.1) is 0 Å². The zero-order valence-electron chi connectivity index (χ0n) is 12.4. The first kappa shape index (κ1) is 15.3. The van der Waals surface area contributed by atoms with Gasteiger partial charge in [-0.2, -0.15) is 4.98 Å². The van der Waals surface area contributed by atoms with Gasteiger partial charge in [0.25, 0.3) is 0 Å². The maximum absolute atomic E-state index is 12.1. The summed E-state index contributed by atoms with van der Waals surface area (Å²) in [6, 6.07) is -0.0577. The van der Waals surface area contributed by atoms with Crippen LogP contribution in [-0.2, 0) is 11.3 Å². The number of rotatable bonds is 4. The van der Waals surface area contributed by atoms with Crippen LogP contribution >= 0.6 is 0 Å². The van der Waals surface area contributed by atoms with Gasteiger partial charge in [0.1, 0.15) is 0 Å². The number of amides is 3. The summed E-state index contributed by atoms with van der Waals surface area (Å²) >= 11 is 0.